The quantitative estimate of drug-likeness (QED) is 0.297. The molecule has 0 N–H and O–H groups in total. The number of halogens is 6. The molecule has 2 amide bonds. The van der Waals surface area contributed by atoms with Gasteiger partial charge in [0.1, 0.15) is 11.7 Å². The summed E-state index contributed by atoms with van der Waals surface area (Å²) in [5, 5.41) is -0.353. The van der Waals surface area contributed by atoms with Gasteiger partial charge < -0.3 is 14.2 Å². The van der Waals surface area contributed by atoms with Crippen molar-refractivity contribution in [3.63, 3.8) is 0 Å². The Balaban J connectivity index is 1.59. The first-order valence-electron chi connectivity index (χ1n) is 11.1. The van der Waals surface area contributed by atoms with Crippen molar-refractivity contribution in [3.8, 4) is 11.1 Å². The number of hydrogen-bond acceptors (Lipinski definition) is 4. The van der Waals surface area contributed by atoms with Crippen LogP contribution in [0.15, 0.2) is 59.1 Å². The van der Waals surface area contributed by atoms with Crippen molar-refractivity contribution in [1.82, 2.24) is 19.2 Å². The van der Waals surface area contributed by atoms with Gasteiger partial charge >= 0.3 is 6.18 Å². The van der Waals surface area contributed by atoms with E-state index in [-0.39, 0.29) is 30.4 Å². The zero-order chi connectivity index (χ0) is 26.9. The lowest BCUT2D eigenvalue weighted by molar-refractivity contribution is -0.136. The van der Waals surface area contributed by atoms with Crippen molar-refractivity contribution >= 4 is 29.1 Å². The van der Waals surface area contributed by atoms with E-state index in [0.717, 1.165) is 27.5 Å². The van der Waals surface area contributed by atoms with Gasteiger partial charge in [0.15, 0.2) is 23.0 Å². The van der Waals surface area contributed by atoms with Crippen molar-refractivity contribution in [3.05, 3.63) is 71.1 Å². The van der Waals surface area contributed by atoms with E-state index in [4.69, 9.17) is 16.0 Å². The van der Waals surface area contributed by atoms with E-state index < -0.39 is 53.1 Å². The fourth-order valence-electron chi connectivity index (χ4n) is 3.84. The summed E-state index contributed by atoms with van der Waals surface area (Å²) in [6, 6.07) is 2.35. The molecule has 0 unspecified atom stereocenters. The number of amides is 2. The molecule has 196 valence electrons. The van der Waals surface area contributed by atoms with Crippen LogP contribution in [0.5, 0.6) is 0 Å². The predicted octanol–water partition coefficient (Wildman–Crippen LogP) is 5.67. The Morgan fingerprint density at radius 1 is 1.19 bits per heavy atom. The van der Waals surface area contributed by atoms with Crippen LogP contribution in [-0.4, -0.2) is 57.2 Å². The fourth-order valence-corrected chi connectivity index (χ4v) is 4.09. The minimum Gasteiger partial charge on any atom is -0.472 e. The Bertz CT molecular complexity index is 1400. The molecule has 1 aliphatic heterocycles. The average Bonchev–Trinajstić information content (AvgIpc) is 3.50. The van der Waals surface area contributed by atoms with Crippen molar-refractivity contribution in [2.75, 3.05) is 26.2 Å². The summed E-state index contributed by atoms with van der Waals surface area (Å²) in [5.74, 6) is -3.51. The molecule has 1 saturated heterocycles. The third kappa shape index (κ3) is 5.38. The van der Waals surface area contributed by atoms with Gasteiger partial charge in [-0.1, -0.05) is 18.5 Å². The molecule has 0 saturated carbocycles. The molecule has 3 aromatic rings. The number of furan rings is 1. The number of nitrogens with zero attached hydrogens (tertiary/aromatic N) is 4. The molecule has 3 aromatic heterocycles. The highest BCUT2D eigenvalue weighted by atomic mass is 35.5. The average molecular weight is 543 g/mol. The highest BCUT2D eigenvalue weighted by Crippen LogP contribution is 2.37. The third-order valence-corrected chi connectivity index (χ3v) is 6.09. The summed E-state index contributed by atoms with van der Waals surface area (Å²) < 4.78 is 74.7. The van der Waals surface area contributed by atoms with Crippen LogP contribution in [0, 0.1) is 0 Å². The van der Waals surface area contributed by atoms with Crippen LogP contribution < -0.4 is 0 Å². The number of carbonyl (C=O) groups excluding carboxylic acids is 2. The first-order valence-corrected chi connectivity index (χ1v) is 11.5. The predicted molar refractivity (Wildman–Crippen MR) is 124 cm³/mol. The number of fused-ring (bicyclic) bond motifs is 1. The number of alkyl halides is 3. The first kappa shape index (κ1) is 26.4. The van der Waals surface area contributed by atoms with Gasteiger partial charge in [-0.2, -0.15) is 13.2 Å². The molecule has 13 heteroatoms. The summed E-state index contributed by atoms with van der Waals surface area (Å²) in [6.45, 7) is 0.988. The Kier molecular flexibility index (Phi) is 7.39. The smallest absolute Gasteiger partial charge is 0.420 e. The van der Waals surface area contributed by atoms with Gasteiger partial charge in [-0.25, -0.2) is 13.8 Å². The normalized spacial score (nSPS) is 15.7. The number of aromatic nitrogens is 2. The molecule has 0 aliphatic carbocycles. The van der Waals surface area contributed by atoms with Gasteiger partial charge in [0.05, 0.1) is 18.1 Å². The van der Waals surface area contributed by atoms with Crippen molar-refractivity contribution < 1.29 is 36.0 Å². The van der Waals surface area contributed by atoms with Gasteiger partial charge in [-0.15, -0.1) is 0 Å². The topological polar surface area (TPSA) is 71.1 Å². The lowest BCUT2D eigenvalue weighted by Crippen LogP contribution is -2.52. The van der Waals surface area contributed by atoms with Crippen LogP contribution in [0.2, 0.25) is 5.15 Å². The van der Waals surface area contributed by atoms with E-state index in [0.29, 0.717) is 12.0 Å². The summed E-state index contributed by atoms with van der Waals surface area (Å²) in [5.41, 5.74) is -1.62. The van der Waals surface area contributed by atoms with Crippen molar-refractivity contribution in [2.45, 2.75) is 19.5 Å². The second-order valence-electron chi connectivity index (χ2n) is 8.18. The van der Waals surface area contributed by atoms with Gasteiger partial charge in [0.25, 0.3) is 5.91 Å². The maximum atomic E-state index is 13.8. The summed E-state index contributed by atoms with van der Waals surface area (Å²) >= 11 is 6.31. The first-order chi connectivity index (χ1) is 17.5. The van der Waals surface area contributed by atoms with E-state index in [9.17, 15) is 31.5 Å². The molecule has 7 nitrogen and oxygen atoms in total. The summed E-state index contributed by atoms with van der Waals surface area (Å²) in [6.07, 6.45) is 1.35. The maximum absolute atomic E-state index is 13.8. The molecule has 4 heterocycles. The van der Waals surface area contributed by atoms with Crippen LogP contribution in [0.25, 0.3) is 16.8 Å². The maximum Gasteiger partial charge on any atom is 0.420 e. The monoisotopic (exact) mass is 542 g/mol. The Hall–Kier alpha value is -3.67. The van der Waals surface area contributed by atoms with Crippen LogP contribution >= 0.6 is 11.6 Å². The molecule has 0 bridgehead atoms. The summed E-state index contributed by atoms with van der Waals surface area (Å²) in [7, 11) is 0. The van der Waals surface area contributed by atoms with Crippen LogP contribution in [0.4, 0.5) is 22.0 Å². The standard InChI is InChI=1S/C24H20ClF5N4O3/c1-2-3-17(26)18(27)4-6-32-7-8-33(12-19(32)35)23(36)20-21(25)34-11-15(14-5-9-37-13-14)10-16(22(34)31-20)24(28,29)30/h3-5,9-11,13H,2,6-8,12H2,1H3. The van der Waals surface area contributed by atoms with E-state index in [1.54, 1.807) is 6.92 Å². The molecular weight excluding hydrogens is 523 g/mol. The minimum absolute atomic E-state index is 0.00308. The number of allylic oxidation sites excluding steroid dienone is 3. The molecule has 37 heavy (non-hydrogen) atoms. The van der Waals surface area contributed by atoms with Crippen LogP contribution in [0.1, 0.15) is 29.4 Å². The summed E-state index contributed by atoms with van der Waals surface area (Å²) in [4.78, 5) is 31.8. The van der Waals surface area contributed by atoms with E-state index in [2.05, 4.69) is 4.98 Å². The Labute approximate surface area is 212 Å². The highest BCUT2D eigenvalue weighted by Gasteiger charge is 2.37. The zero-order valence-corrected chi connectivity index (χ0v) is 20.1. The van der Waals surface area contributed by atoms with Gasteiger partial charge in [0, 0.05) is 37.0 Å². The molecule has 0 spiro atoms. The van der Waals surface area contributed by atoms with Crippen molar-refractivity contribution in [2.24, 2.45) is 0 Å². The highest BCUT2D eigenvalue weighted by molar-refractivity contribution is 6.33. The molecule has 1 fully saturated rings. The number of hydrogen-bond donors (Lipinski definition) is 0. The van der Waals surface area contributed by atoms with E-state index >= 15 is 0 Å². The van der Waals surface area contributed by atoms with Gasteiger partial charge in [-0.05, 0) is 30.7 Å². The molecular formula is C24H20ClF5N4O3. The second-order valence-corrected chi connectivity index (χ2v) is 8.53. The number of pyridine rings is 1. The lowest BCUT2D eigenvalue weighted by atomic mass is 10.1. The third-order valence-electron chi connectivity index (χ3n) is 5.73. The molecule has 0 aromatic carbocycles. The van der Waals surface area contributed by atoms with Crippen molar-refractivity contribution in [1.29, 1.82) is 0 Å². The molecule has 0 radical (unpaired) electrons. The molecule has 0 atom stereocenters. The second kappa shape index (κ2) is 10.4. The van der Waals surface area contributed by atoms with E-state index in [1.165, 1.54) is 29.7 Å². The van der Waals surface area contributed by atoms with E-state index in [1.807, 2.05) is 0 Å². The Morgan fingerprint density at radius 3 is 2.54 bits per heavy atom. The van der Waals surface area contributed by atoms with Crippen LogP contribution in [0.3, 0.4) is 0 Å². The van der Waals surface area contributed by atoms with Gasteiger partial charge in [-0.3, -0.25) is 14.0 Å². The lowest BCUT2D eigenvalue weighted by Gasteiger charge is -2.33. The zero-order valence-electron chi connectivity index (χ0n) is 19.4. The number of imidazole rings is 1. The molecule has 1 aliphatic rings. The van der Waals surface area contributed by atoms with Crippen LogP contribution in [-0.2, 0) is 11.0 Å². The Morgan fingerprint density at radius 2 is 1.92 bits per heavy atom. The molecule has 4 rings (SSSR count). The SMILES string of the molecule is CCC=C(F)C(F)=CCN1CCN(C(=O)c2nc3c(C(F)(F)F)cc(-c4ccoc4)cn3c2Cl)CC1=O. The fraction of sp³-hybridized carbons (Fsp3) is 0.292. The van der Waals surface area contributed by atoms with Gasteiger partial charge in [0.2, 0.25) is 5.91 Å². The largest absolute Gasteiger partial charge is 0.472 e. The number of rotatable bonds is 6. The number of piperazine rings is 1. The minimum atomic E-state index is -4.80. The number of carbonyl (C=O) groups is 2.